The summed E-state index contributed by atoms with van der Waals surface area (Å²) >= 11 is 0. The third-order valence-electron chi connectivity index (χ3n) is 7.41. The molecule has 0 unspecified atom stereocenters. The van der Waals surface area contributed by atoms with Gasteiger partial charge in [0, 0.05) is 20.1 Å². The van der Waals surface area contributed by atoms with Crippen molar-refractivity contribution in [2.45, 2.75) is 51.2 Å². The molecule has 0 spiro atoms. The molecule has 13 heteroatoms. The second kappa shape index (κ2) is 9.88. The number of nitrogens with zero attached hydrogens (tertiary/aromatic N) is 2. The van der Waals surface area contributed by atoms with E-state index in [-0.39, 0.29) is 56.1 Å². The van der Waals surface area contributed by atoms with Crippen molar-refractivity contribution in [2.24, 2.45) is 5.41 Å². The molecule has 2 bridgehead atoms. The summed E-state index contributed by atoms with van der Waals surface area (Å²) in [4.78, 5) is 68.1. The number of likely N-dealkylation sites (N-methyl/N-ethyl adjacent to an activating group) is 1. The summed E-state index contributed by atoms with van der Waals surface area (Å²) in [5, 5.41) is 17.5. The van der Waals surface area contributed by atoms with E-state index in [1.54, 1.807) is 13.0 Å². The molecule has 1 aliphatic carbocycles. The summed E-state index contributed by atoms with van der Waals surface area (Å²) in [5.41, 5.74) is -2.80. The molecule has 3 heterocycles. The number of nitrogens with one attached hydrogen (secondary N) is 3. The molecule has 3 aliphatic rings. The number of benzene rings is 1. The van der Waals surface area contributed by atoms with E-state index in [0.29, 0.717) is 11.1 Å². The zero-order chi connectivity index (χ0) is 27.8. The molecule has 5 rings (SSSR count). The molecule has 202 valence electrons. The zero-order valence-corrected chi connectivity index (χ0v) is 21.1. The molecule has 38 heavy (non-hydrogen) atoms. The Bertz CT molecular complexity index is 1400. The van der Waals surface area contributed by atoms with Crippen molar-refractivity contribution >= 4 is 23.7 Å². The van der Waals surface area contributed by atoms with Crippen LogP contribution >= 0.6 is 0 Å². The fraction of sp³-hybridized carbons (Fsp3) is 0.440. The quantitative estimate of drug-likeness (QED) is 0.389. The Morgan fingerprint density at radius 3 is 2.42 bits per heavy atom. The van der Waals surface area contributed by atoms with Crippen molar-refractivity contribution < 1.29 is 33.4 Å². The van der Waals surface area contributed by atoms with Crippen LogP contribution in [-0.4, -0.2) is 52.5 Å². The smallest absolute Gasteiger partial charge is 0.311 e. The number of carboxylic acid groups (broad SMARTS) is 1. The van der Waals surface area contributed by atoms with Crippen molar-refractivity contribution in [3.8, 4) is 5.75 Å². The Balaban J connectivity index is 1.80. The summed E-state index contributed by atoms with van der Waals surface area (Å²) in [6.07, 6.45) is 0.368. The number of aliphatic carboxylic acids is 1. The third-order valence-corrected chi connectivity index (χ3v) is 7.41. The Kier molecular flexibility index (Phi) is 6.96. The molecule has 0 radical (unpaired) electrons. The minimum atomic E-state index is -1.37. The van der Waals surface area contributed by atoms with Gasteiger partial charge in [0.15, 0.2) is 5.69 Å². The van der Waals surface area contributed by atoms with Crippen LogP contribution in [0.25, 0.3) is 0 Å². The zero-order valence-electron chi connectivity index (χ0n) is 21.1. The topological polar surface area (TPSA) is 169 Å². The molecule has 0 saturated heterocycles. The summed E-state index contributed by atoms with van der Waals surface area (Å²) < 4.78 is 20.0. The Labute approximate surface area is 216 Å². The number of methoxy groups -OCH3 is 1. The lowest BCUT2D eigenvalue weighted by Gasteiger charge is -2.39. The van der Waals surface area contributed by atoms with Gasteiger partial charge in [0.25, 0.3) is 11.5 Å². The molecule has 12 nitrogen and oxygen atoms in total. The standard InChI is InChI=1S/C25H28FN5O7/c1-13-10-14(4-5-15(13)26)11-28-18(32)16-17(38-3)21(35)31-12-24(23(36)37)6-8-25(9-7-24,22(31)29-16)30-20(34)19(33)27-2/h4-5,10H,6-9,11-12H2,1-3H3,(H,27,33)(H,28,32)(H,30,34)(H,36,37). The second-order valence-electron chi connectivity index (χ2n) is 9.68. The first-order chi connectivity index (χ1) is 18.0. The van der Waals surface area contributed by atoms with E-state index >= 15 is 0 Å². The fourth-order valence-corrected chi connectivity index (χ4v) is 5.16. The fourth-order valence-electron chi connectivity index (χ4n) is 5.16. The second-order valence-corrected chi connectivity index (χ2v) is 9.68. The molecule has 0 atom stereocenters. The normalized spacial score (nSPS) is 21.6. The maximum absolute atomic E-state index is 13.6. The number of hydrogen-bond donors (Lipinski definition) is 4. The molecule has 2 aromatic rings. The molecule has 2 aliphatic heterocycles. The number of fused-ring (bicyclic) bond motifs is 2. The SMILES string of the molecule is CNC(=O)C(=O)NC12CCC(C(=O)O)(CC1)Cn1c2nc(C(=O)NCc2ccc(F)c(C)c2)c(OC)c1=O. The monoisotopic (exact) mass is 529 g/mol. The van der Waals surface area contributed by atoms with Crippen molar-refractivity contribution in [1.29, 1.82) is 0 Å². The van der Waals surface area contributed by atoms with Crippen LogP contribution in [-0.2, 0) is 33.0 Å². The minimum absolute atomic E-state index is 0.00385. The van der Waals surface area contributed by atoms with Gasteiger partial charge in [-0.25, -0.2) is 9.37 Å². The molecule has 1 aromatic heterocycles. The average Bonchev–Trinajstić information content (AvgIpc) is 3.13. The number of amides is 3. The number of carbonyl (C=O) groups excluding carboxylic acids is 3. The number of aryl methyl sites for hydroxylation is 1. The number of carbonyl (C=O) groups is 4. The molecule has 1 fully saturated rings. The highest BCUT2D eigenvalue weighted by molar-refractivity contribution is 6.35. The van der Waals surface area contributed by atoms with Gasteiger partial charge < -0.3 is 25.8 Å². The van der Waals surface area contributed by atoms with Crippen LogP contribution in [0.4, 0.5) is 4.39 Å². The highest BCUT2D eigenvalue weighted by atomic mass is 19.1. The number of aromatic nitrogens is 2. The van der Waals surface area contributed by atoms with Crippen molar-refractivity contribution in [1.82, 2.24) is 25.5 Å². The number of ether oxygens (including phenoxy) is 1. The Morgan fingerprint density at radius 2 is 1.84 bits per heavy atom. The summed E-state index contributed by atoms with van der Waals surface area (Å²) in [5.74, 6) is -4.57. The maximum atomic E-state index is 13.6. The lowest BCUT2D eigenvalue weighted by Crippen LogP contribution is -2.54. The Morgan fingerprint density at radius 1 is 1.16 bits per heavy atom. The van der Waals surface area contributed by atoms with E-state index in [1.165, 1.54) is 26.3 Å². The van der Waals surface area contributed by atoms with Gasteiger partial charge in [-0.05, 0) is 49.8 Å². The number of halogens is 1. The average molecular weight is 530 g/mol. The van der Waals surface area contributed by atoms with E-state index in [4.69, 9.17) is 4.74 Å². The molecule has 4 N–H and O–H groups in total. The van der Waals surface area contributed by atoms with Crippen LogP contribution in [0.3, 0.4) is 0 Å². The van der Waals surface area contributed by atoms with Crippen molar-refractivity contribution in [3.63, 3.8) is 0 Å². The van der Waals surface area contributed by atoms with Gasteiger partial charge in [-0.2, -0.15) is 0 Å². The molecular weight excluding hydrogens is 501 g/mol. The highest BCUT2D eigenvalue weighted by Crippen LogP contribution is 2.49. The molecule has 3 amide bonds. The van der Waals surface area contributed by atoms with Gasteiger partial charge in [-0.15, -0.1) is 0 Å². The summed E-state index contributed by atoms with van der Waals surface area (Å²) in [7, 11) is 2.47. The van der Waals surface area contributed by atoms with Gasteiger partial charge in [-0.3, -0.25) is 28.5 Å². The third kappa shape index (κ3) is 4.48. The number of carboxylic acids is 1. The minimum Gasteiger partial charge on any atom is -0.489 e. The van der Waals surface area contributed by atoms with Crippen LogP contribution < -0.4 is 26.2 Å². The van der Waals surface area contributed by atoms with Crippen LogP contribution in [0.15, 0.2) is 23.0 Å². The highest BCUT2D eigenvalue weighted by Gasteiger charge is 2.55. The first-order valence-electron chi connectivity index (χ1n) is 12.0. The first kappa shape index (κ1) is 26.8. The summed E-state index contributed by atoms with van der Waals surface area (Å²) in [6, 6.07) is 4.35. The van der Waals surface area contributed by atoms with E-state index < -0.39 is 46.0 Å². The Hall–Kier alpha value is -4.29. The van der Waals surface area contributed by atoms with Crippen LogP contribution in [0.5, 0.6) is 5.75 Å². The predicted molar refractivity (Wildman–Crippen MR) is 130 cm³/mol. The lowest BCUT2D eigenvalue weighted by molar-refractivity contribution is -0.152. The van der Waals surface area contributed by atoms with Crippen molar-refractivity contribution in [3.05, 3.63) is 57.0 Å². The van der Waals surface area contributed by atoms with Gasteiger partial charge in [0.05, 0.1) is 18.1 Å². The van der Waals surface area contributed by atoms with E-state index in [1.807, 2.05) is 0 Å². The van der Waals surface area contributed by atoms with Crippen LogP contribution in [0.1, 0.15) is 53.1 Å². The largest absolute Gasteiger partial charge is 0.489 e. The van der Waals surface area contributed by atoms with E-state index in [2.05, 4.69) is 20.9 Å². The van der Waals surface area contributed by atoms with Crippen LogP contribution in [0, 0.1) is 18.2 Å². The molecule has 1 saturated carbocycles. The number of hydrogen-bond acceptors (Lipinski definition) is 7. The summed E-state index contributed by atoms with van der Waals surface area (Å²) in [6.45, 7) is 1.35. The molecular formula is C25H28FN5O7. The predicted octanol–water partition coefficient (Wildman–Crippen LogP) is 0.346. The van der Waals surface area contributed by atoms with Gasteiger partial charge >= 0.3 is 17.8 Å². The van der Waals surface area contributed by atoms with E-state index in [0.717, 1.165) is 4.57 Å². The van der Waals surface area contributed by atoms with Crippen molar-refractivity contribution in [2.75, 3.05) is 14.2 Å². The lowest BCUT2D eigenvalue weighted by atomic mass is 9.68. The van der Waals surface area contributed by atoms with Gasteiger partial charge in [-0.1, -0.05) is 12.1 Å². The first-order valence-corrected chi connectivity index (χ1v) is 12.0. The van der Waals surface area contributed by atoms with E-state index in [9.17, 15) is 33.5 Å². The van der Waals surface area contributed by atoms with Gasteiger partial charge in [0.2, 0.25) is 5.75 Å². The maximum Gasteiger partial charge on any atom is 0.311 e. The molecule has 1 aromatic carbocycles. The number of rotatable bonds is 6. The van der Waals surface area contributed by atoms with Gasteiger partial charge in [0.1, 0.15) is 11.6 Å². The van der Waals surface area contributed by atoms with Crippen LogP contribution in [0.2, 0.25) is 0 Å².